The normalized spacial score (nSPS) is 10.8. The maximum atomic E-state index is 12.6. The molecule has 1 aromatic heterocycles. The second-order valence-corrected chi connectivity index (χ2v) is 5.11. The van der Waals surface area contributed by atoms with Gasteiger partial charge in [0.15, 0.2) is 0 Å². The van der Waals surface area contributed by atoms with Gasteiger partial charge in [0.1, 0.15) is 5.82 Å². The first-order valence-corrected chi connectivity index (χ1v) is 7.06. The molecule has 112 valence electrons. The number of aryl methyl sites for hydroxylation is 1. The van der Waals surface area contributed by atoms with Gasteiger partial charge in [0.05, 0.1) is 6.61 Å². The Morgan fingerprint density at radius 1 is 1.45 bits per heavy atom. The molecule has 0 aliphatic carbocycles. The lowest BCUT2D eigenvalue weighted by Crippen LogP contribution is -2.39. The van der Waals surface area contributed by atoms with Crippen molar-refractivity contribution in [2.45, 2.75) is 39.7 Å². The highest BCUT2D eigenvalue weighted by Crippen LogP contribution is 2.14. The molecule has 0 aromatic carbocycles. The number of carbonyl (C=O) groups excluding carboxylic acids is 1. The lowest BCUT2D eigenvalue weighted by atomic mass is 10.1. The van der Waals surface area contributed by atoms with Crippen LogP contribution in [0.2, 0.25) is 0 Å². The number of methoxy groups -OCH3 is 1. The molecule has 5 heteroatoms. The molecule has 1 rings (SSSR count). The van der Waals surface area contributed by atoms with E-state index in [0.29, 0.717) is 24.5 Å². The van der Waals surface area contributed by atoms with Gasteiger partial charge in [-0.2, -0.15) is 0 Å². The molecule has 0 radical (unpaired) electrons. The number of carbonyl (C=O) groups is 1. The van der Waals surface area contributed by atoms with Crippen molar-refractivity contribution in [1.82, 2.24) is 9.88 Å². The zero-order valence-electron chi connectivity index (χ0n) is 12.8. The predicted octanol–water partition coefficient (Wildman–Crippen LogP) is 2.11. The van der Waals surface area contributed by atoms with E-state index in [9.17, 15) is 4.79 Å². The van der Waals surface area contributed by atoms with E-state index in [4.69, 9.17) is 10.5 Å². The summed E-state index contributed by atoms with van der Waals surface area (Å²) >= 11 is 0. The molecule has 2 N–H and O–H groups in total. The zero-order chi connectivity index (χ0) is 15.1. The Kier molecular flexibility index (Phi) is 6.45. The van der Waals surface area contributed by atoms with Crippen LogP contribution in [0.3, 0.4) is 0 Å². The lowest BCUT2D eigenvalue weighted by molar-refractivity contribution is 0.0635. The number of nitrogens with two attached hydrogens (primary N) is 1. The molecule has 0 aliphatic rings. The molecule has 1 heterocycles. The topological polar surface area (TPSA) is 68.5 Å². The van der Waals surface area contributed by atoms with E-state index in [2.05, 4.69) is 11.9 Å². The Hall–Kier alpha value is -1.62. The van der Waals surface area contributed by atoms with Crippen LogP contribution >= 0.6 is 0 Å². The molecular weight excluding hydrogens is 254 g/mol. The monoisotopic (exact) mass is 279 g/mol. The van der Waals surface area contributed by atoms with Crippen molar-refractivity contribution < 1.29 is 9.53 Å². The highest BCUT2D eigenvalue weighted by atomic mass is 16.5. The summed E-state index contributed by atoms with van der Waals surface area (Å²) in [5.74, 6) is 0.373. The van der Waals surface area contributed by atoms with Crippen LogP contribution in [0.5, 0.6) is 0 Å². The molecule has 0 unspecified atom stereocenters. The van der Waals surface area contributed by atoms with Crippen LogP contribution in [-0.4, -0.2) is 42.1 Å². The molecule has 1 amide bonds. The van der Waals surface area contributed by atoms with Crippen LogP contribution in [0, 0.1) is 0 Å². The van der Waals surface area contributed by atoms with Gasteiger partial charge in [0, 0.05) is 31.0 Å². The standard InChI is InChI=1S/C15H25N3O2/c1-5-6-13-9-12(10-14(16)17-13)15(19)18(11(2)3)7-8-20-4/h9-11H,5-8H2,1-4H3,(H2,16,17). The SMILES string of the molecule is CCCc1cc(C(=O)N(CCOC)C(C)C)cc(N)n1. The Bertz CT molecular complexity index is 447. The summed E-state index contributed by atoms with van der Waals surface area (Å²) in [4.78, 5) is 18.6. The van der Waals surface area contributed by atoms with Crippen molar-refractivity contribution in [3.05, 3.63) is 23.4 Å². The quantitative estimate of drug-likeness (QED) is 0.830. The van der Waals surface area contributed by atoms with E-state index in [-0.39, 0.29) is 11.9 Å². The van der Waals surface area contributed by atoms with Gasteiger partial charge in [-0.05, 0) is 32.4 Å². The molecule has 0 atom stereocenters. The van der Waals surface area contributed by atoms with Gasteiger partial charge in [0.25, 0.3) is 5.91 Å². The number of hydrogen-bond acceptors (Lipinski definition) is 4. The van der Waals surface area contributed by atoms with Crippen molar-refractivity contribution in [2.75, 3.05) is 26.0 Å². The summed E-state index contributed by atoms with van der Waals surface area (Å²) in [7, 11) is 1.63. The Morgan fingerprint density at radius 3 is 2.70 bits per heavy atom. The van der Waals surface area contributed by atoms with E-state index in [1.807, 2.05) is 19.9 Å². The number of rotatable bonds is 7. The van der Waals surface area contributed by atoms with Gasteiger partial charge >= 0.3 is 0 Å². The zero-order valence-corrected chi connectivity index (χ0v) is 12.8. The smallest absolute Gasteiger partial charge is 0.254 e. The number of nitrogens with zero attached hydrogens (tertiary/aromatic N) is 2. The first-order chi connectivity index (χ1) is 9.49. The fourth-order valence-electron chi connectivity index (χ4n) is 2.07. The molecule has 20 heavy (non-hydrogen) atoms. The van der Waals surface area contributed by atoms with E-state index in [1.54, 1.807) is 18.1 Å². The Balaban J connectivity index is 2.98. The third-order valence-electron chi connectivity index (χ3n) is 3.07. The average Bonchev–Trinajstić information content (AvgIpc) is 2.38. The van der Waals surface area contributed by atoms with Crippen LogP contribution in [0.25, 0.3) is 0 Å². The van der Waals surface area contributed by atoms with Gasteiger partial charge in [-0.1, -0.05) is 13.3 Å². The van der Waals surface area contributed by atoms with E-state index in [0.717, 1.165) is 18.5 Å². The first-order valence-electron chi connectivity index (χ1n) is 7.06. The van der Waals surface area contributed by atoms with E-state index >= 15 is 0 Å². The summed E-state index contributed by atoms with van der Waals surface area (Å²) in [5, 5.41) is 0. The van der Waals surface area contributed by atoms with Crippen LogP contribution in [0.4, 0.5) is 5.82 Å². The van der Waals surface area contributed by atoms with Gasteiger partial charge in [-0.25, -0.2) is 4.98 Å². The molecular formula is C15H25N3O2. The molecule has 0 bridgehead atoms. The number of ether oxygens (including phenoxy) is 1. The molecule has 5 nitrogen and oxygen atoms in total. The molecule has 0 saturated carbocycles. The number of amides is 1. The van der Waals surface area contributed by atoms with E-state index in [1.165, 1.54) is 0 Å². The minimum Gasteiger partial charge on any atom is -0.384 e. The maximum Gasteiger partial charge on any atom is 0.254 e. The van der Waals surface area contributed by atoms with Crippen LogP contribution < -0.4 is 5.73 Å². The third-order valence-corrected chi connectivity index (χ3v) is 3.07. The van der Waals surface area contributed by atoms with Crippen LogP contribution in [0.1, 0.15) is 43.2 Å². The van der Waals surface area contributed by atoms with Crippen LogP contribution in [-0.2, 0) is 11.2 Å². The number of hydrogen-bond donors (Lipinski definition) is 1. The molecule has 1 aromatic rings. The minimum atomic E-state index is -0.0245. The number of nitrogen functional groups attached to an aromatic ring is 1. The fraction of sp³-hybridized carbons (Fsp3) is 0.600. The summed E-state index contributed by atoms with van der Waals surface area (Å²) in [6.07, 6.45) is 1.80. The predicted molar refractivity (Wildman–Crippen MR) is 80.7 cm³/mol. The van der Waals surface area contributed by atoms with Crippen molar-refractivity contribution >= 4 is 11.7 Å². The average molecular weight is 279 g/mol. The summed E-state index contributed by atoms with van der Waals surface area (Å²) in [5.41, 5.74) is 7.27. The van der Waals surface area contributed by atoms with Gasteiger partial charge < -0.3 is 15.4 Å². The van der Waals surface area contributed by atoms with Gasteiger partial charge in [0.2, 0.25) is 0 Å². The first kappa shape index (κ1) is 16.4. The second-order valence-electron chi connectivity index (χ2n) is 5.11. The van der Waals surface area contributed by atoms with Crippen molar-refractivity contribution in [1.29, 1.82) is 0 Å². The van der Waals surface area contributed by atoms with Crippen LogP contribution in [0.15, 0.2) is 12.1 Å². The third kappa shape index (κ3) is 4.49. The highest BCUT2D eigenvalue weighted by Gasteiger charge is 2.19. The molecule has 0 fully saturated rings. The largest absolute Gasteiger partial charge is 0.384 e. The molecule has 0 aliphatic heterocycles. The number of aromatic nitrogens is 1. The van der Waals surface area contributed by atoms with Crippen molar-refractivity contribution in [2.24, 2.45) is 0 Å². The highest BCUT2D eigenvalue weighted by molar-refractivity contribution is 5.95. The van der Waals surface area contributed by atoms with Crippen molar-refractivity contribution in [3.8, 4) is 0 Å². The summed E-state index contributed by atoms with van der Waals surface area (Å²) in [6, 6.07) is 3.59. The van der Waals surface area contributed by atoms with Crippen molar-refractivity contribution in [3.63, 3.8) is 0 Å². The minimum absolute atomic E-state index is 0.0245. The van der Waals surface area contributed by atoms with E-state index < -0.39 is 0 Å². The number of pyridine rings is 1. The lowest BCUT2D eigenvalue weighted by Gasteiger charge is -2.26. The summed E-state index contributed by atoms with van der Waals surface area (Å²) < 4.78 is 5.06. The Labute approximate surface area is 121 Å². The number of anilines is 1. The Morgan fingerprint density at radius 2 is 2.15 bits per heavy atom. The maximum absolute atomic E-state index is 12.6. The molecule has 0 spiro atoms. The summed E-state index contributed by atoms with van der Waals surface area (Å²) in [6.45, 7) is 7.14. The fourth-order valence-corrected chi connectivity index (χ4v) is 2.07. The second kappa shape index (κ2) is 7.85. The molecule has 0 saturated heterocycles. The van der Waals surface area contributed by atoms with Gasteiger partial charge in [-0.15, -0.1) is 0 Å². The van der Waals surface area contributed by atoms with Gasteiger partial charge in [-0.3, -0.25) is 4.79 Å².